The van der Waals surface area contributed by atoms with E-state index < -0.39 is 5.60 Å². The van der Waals surface area contributed by atoms with Gasteiger partial charge in [-0.05, 0) is 32.6 Å². The molecular formula is C17H29N3O2. The van der Waals surface area contributed by atoms with Crippen LogP contribution in [0.3, 0.4) is 0 Å². The maximum Gasteiger partial charge on any atom is 0.257 e. The number of hydrogen-bond donors (Lipinski definition) is 1. The summed E-state index contributed by atoms with van der Waals surface area (Å²) < 4.78 is 1.96. The van der Waals surface area contributed by atoms with Crippen molar-refractivity contribution in [3.63, 3.8) is 0 Å². The maximum absolute atomic E-state index is 12.7. The quantitative estimate of drug-likeness (QED) is 0.879. The van der Waals surface area contributed by atoms with Gasteiger partial charge in [0.1, 0.15) is 0 Å². The van der Waals surface area contributed by atoms with E-state index >= 15 is 0 Å². The van der Waals surface area contributed by atoms with Gasteiger partial charge in [0.25, 0.3) is 5.91 Å². The molecule has 1 aromatic heterocycles. The summed E-state index contributed by atoms with van der Waals surface area (Å²) in [6.07, 6.45) is 7.34. The van der Waals surface area contributed by atoms with Crippen molar-refractivity contribution in [2.45, 2.75) is 70.9 Å². The van der Waals surface area contributed by atoms with Crippen LogP contribution in [0.4, 0.5) is 0 Å². The highest BCUT2D eigenvalue weighted by Gasteiger charge is 2.34. The van der Waals surface area contributed by atoms with Crippen molar-refractivity contribution in [2.24, 2.45) is 0 Å². The lowest BCUT2D eigenvalue weighted by Crippen LogP contribution is -2.42. The average molecular weight is 307 g/mol. The smallest absolute Gasteiger partial charge is 0.257 e. The van der Waals surface area contributed by atoms with Gasteiger partial charge in [0.05, 0.1) is 23.4 Å². The molecule has 5 nitrogen and oxygen atoms in total. The Morgan fingerprint density at radius 1 is 1.41 bits per heavy atom. The van der Waals surface area contributed by atoms with Crippen molar-refractivity contribution >= 4 is 5.91 Å². The zero-order valence-electron chi connectivity index (χ0n) is 14.3. The van der Waals surface area contributed by atoms with Gasteiger partial charge in [-0.15, -0.1) is 0 Å². The Labute approximate surface area is 133 Å². The second-order valence-corrected chi connectivity index (χ2v) is 6.65. The van der Waals surface area contributed by atoms with E-state index in [1.807, 2.05) is 11.6 Å². The first kappa shape index (κ1) is 17.0. The number of rotatable bonds is 6. The molecule has 1 amide bonds. The summed E-state index contributed by atoms with van der Waals surface area (Å²) in [4.78, 5) is 14.3. The molecule has 0 aliphatic heterocycles. The van der Waals surface area contributed by atoms with E-state index in [0.29, 0.717) is 18.2 Å². The second-order valence-electron chi connectivity index (χ2n) is 6.65. The van der Waals surface area contributed by atoms with E-state index in [1.54, 1.807) is 18.1 Å². The van der Waals surface area contributed by atoms with Crippen molar-refractivity contribution in [1.29, 1.82) is 0 Å². The minimum absolute atomic E-state index is 0.0463. The number of carbonyl (C=O) groups is 1. The Hall–Kier alpha value is -1.36. The van der Waals surface area contributed by atoms with E-state index in [2.05, 4.69) is 18.9 Å². The number of amides is 1. The fourth-order valence-corrected chi connectivity index (χ4v) is 3.55. The lowest BCUT2D eigenvalue weighted by molar-refractivity contribution is 0.0156. The van der Waals surface area contributed by atoms with Gasteiger partial charge >= 0.3 is 0 Å². The lowest BCUT2D eigenvalue weighted by Gasteiger charge is -2.28. The van der Waals surface area contributed by atoms with Gasteiger partial charge in [0, 0.05) is 19.3 Å². The monoisotopic (exact) mass is 307 g/mol. The third kappa shape index (κ3) is 3.35. The minimum atomic E-state index is -0.705. The molecule has 1 aliphatic carbocycles. The SMILES string of the molecule is CCC(CC)n1ncc(C(=O)N(C)CC2(O)CCCC2)c1C. The van der Waals surface area contributed by atoms with Crippen LogP contribution in [-0.4, -0.2) is 44.9 Å². The van der Waals surface area contributed by atoms with Gasteiger partial charge in [-0.1, -0.05) is 26.7 Å². The molecule has 22 heavy (non-hydrogen) atoms. The summed E-state index contributed by atoms with van der Waals surface area (Å²) in [6.45, 7) is 6.63. The van der Waals surface area contributed by atoms with Crippen LogP contribution in [0.2, 0.25) is 0 Å². The third-order valence-electron chi connectivity index (χ3n) is 4.98. The van der Waals surface area contributed by atoms with E-state index in [4.69, 9.17) is 0 Å². The van der Waals surface area contributed by atoms with Gasteiger partial charge in [0.15, 0.2) is 0 Å². The third-order valence-corrected chi connectivity index (χ3v) is 4.98. The summed E-state index contributed by atoms with van der Waals surface area (Å²) in [5.74, 6) is -0.0463. The Morgan fingerprint density at radius 2 is 2.00 bits per heavy atom. The molecule has 0 saturated heterocycles. The van der Waals surface area contributed by atoms with Crippen LogP contribution in [0.5, 0.6) is 0 Å². The molecular weight excluding hydrogens is 278 g/mol. The number of carbonyl (C=O) groups excluding carboxylic acids is 1. The Kier molecular flexibility index (Phi) is 5.27. The predicted molar refractivity (Wildman–Crippen MR) is 87.0 cm³/mol. The molecule has 0 radical (unpaired) electrons. The van der Waals surface area contributed by atoms with E-state index in [9.17, 15) is 9.90 Å². The van der Waals surface area contributed by atoms with Crippen LogP contribution in [0.15, 0.2) is 6.20 Å². The number of likely N-dealkylation sites (N-methyl/N-ethyl adjacent to an activating group) is 1. The number of aromatic nitrogens is 2. The first-order valence-electron chi connectivity index (χ1n) is 8.43. The molecule has 0 aromatic carbocycles. The molecule has 2 rings (SSSR count). The molecule has 5 heteroatoms. The molecule has 0 bridgehead atoms. The predicted octanol–water partition coefficient (Wildman–Crippen LogP) is 2.93. The van der Waals surface area contributed by atoms with Crippen molar-refractivity contribution in [1.82, 2.24) is 14.7 Å². The maximum atomic E-state index is 12.7. The topological polar surface area (TPSA) is 58.4 Å². The highest BCUT2D eigenvalue weighted by atomic mass is 16.3. The summed E-state index contributed by atoms with van der Waals surface area (Å²) in [5.41, 5.74) is 0.865. The molecule has 1 fully saturated rings. The van der Waals surface area contributed by atoms with Crippen LogP contribution in [-0.2, 0) is 0 Å². The fourth-order valence-electron chi connectivity index (χ4n) is 3.55. The Bertz CT molecular complexity index is 514. The first-order chi connectivity index (χ1) is 10.4. The number of hydrogen-bond acceptors (Lipinski definition) is 3. The van der Waals surface area contributed by atoms with Crippen molar-refractivity contribution < 1.29 is 9.90 Å². The van der Waals surface area contributed by atoms with E-state index in [0.717, 1.165) is 44.2 Å². The zero-order valence-corrected chi connectivity index (χ0v) is 14.3. The summed E-state index contributed by atoms with van der Waals surface area (Å²) in [6, 6.07) is 0.339. The summed E-state index contributed by atoms with van der Waals surface area (Å²) in [7, 11) is 1.77. The molecule has 1 saturated carbocycles. The lowest BCUT2D eigenvalue weighted by atomic mass is 10.0. The molecule has 1 N–H and O–H groups in total. The largest absolute Gasteiger partial charge is 0.388 e. The van der Waals surface area contributed by atoms with Crippen LogP contribution in [0.25, 0.3) is 0 Å². The van der Waals surface area contributed by atoms with Crippen LogP contribution >= 0.6 is 0 Å². The zero-order chi connectivity index (χ0) is 16.3. The summed E-state index contributed by atoms with van der Waals surface area (Å²) in [5, 5.41) is 14.9. The van der Waals surface area contributed by atoms with Crippen LogP contribution in [0, 0.1) is 6.92 Å². The van der Waals surface area contributed by atoms with Crippen molar-refractivity contribution in [2.75, 3.05) is 13.6 Å². The molecule has 1 aromatic rings. The highest BCUT2D eigenvalue weighted by Crippen LogP contribution is 2.30. The molecule has 124 valence electrons. The van der Waals surface area contributed by atoms with Crippen LogP contribution < -0.4 is 0 Å². The minimum Gasteiger partial charge on any atom is -0.388 e. The van der Waals surface area contributed by atoms with Crippen LogP contribution in [0.1, 0.15) is 74.5 Å². The molecule has 0 spiro atoms. The standard InChI is InChI=1S/C17H29N3O2/c1-5-14(6-2)20-13(3)15(11-18-20)16(21)19(4)12-17(22)9-7-8-10-17/h11,14,22H,5-10,12H2,1-4H3. The van der Waals surface area contributed by atoms with Gasteiger partial charge < -0.3 is 10.0 Å². The molecule has 0 atom stereocenters. The Morgan fingerprint density at radius 3 is 2.55 bits per heavy atom. The van der Waals surface area contributed by atoms with Gasteiger partial charge in [0.2, 0.25) is 0 Å². The average Bonchev–Trinajstić information content (AvgIpc) is 3.07. The van der Waals surface area contributed by atoms with Gasteiger partial charge in [-0.2, -0.15) is 5.10 Å². The normalized spacial score (nSPS) is 17.2. The van der Waals surface area contributed by atoms with Crippen molar-refractivity contribution in [3.05, 3.63) is 17.5 Å². The van der Waals surface area contributed by atoms with Gasteiger partial charge in [-0.3, -0.25) is 9.48 Å². The highest BCUT2D eigenvalue weighted by molar-refractivity contribution is 5.95. The molecule has 1 heterocycles. The molecule has 0 unspecified atom stereocenters. The van der Waals surface area contributed by atoms with Crippen molar-refractivity contribution in [3.8, 4) is 0 Å². The van der Waals surface area contributed by atoms with E-state index in [1.165, 1.54) is 0 Å². The number of nitrogens with zero attached hydrogens (tertiary/aromatic N) is 3. The summed E-state index contributed by atoms with van der Waals surface area (Å²) >= 11 is 0. The first-order valence-corrected chi connectivity index (χ1v) is 8.43. The van der Waals surface area contributed by atoms with E-state index in [-0.39, 0.29) is 5.91 Å². The Balaban J connectivity index is 2.12. The fraction of sp³-hybridized carbons (Fsp3) is 0.765. The molecule has 1 aliphatic rings. The second kappa shape index (κ2) is 6.82. The van der Waals surface area contributed by atoms with Gasteiger partial charge in [-0.25, -0.2) is 0 Å². The number of aliphatic hydroxyl groups is 1.